The average molecular weight is 471 g/mol. The minimum absolute atomic E-state index is 0. The molecule has 25 heavy (non-hydrogen) atoms. The maximum Gasteiger partial charge on any atom is 0.191 e. The number of guanidine groups is 1. The van der Waals surface area contributed by atoms with Gasteiger partial charge in [0.25, 0.3) is 0 Å². The van der Waals surface area contributed by atoms with Crippen LogP contribution in [0.5, 0.6) is 0 Å². The number of aliphatic imine (C=N–C) groups is 1. The Morgan fingerprint density at radius 3 is 3.04 bits per heavy atom. The number of rotatable bonds is 6. The molecule has 3 rings (SSSR count). The first-order chi connectivity index (χ1) is 11.8. The van der Waals surface area contributed by atoms with Crippen LogP contribution in [0.4, 0.5) is 0 Å². The number of pyridine rings is 1. The number of halogens is 1. The van der Waals surface area contributed by atoms with E-state index in [2.05, 4.69) is 43.9 Å². The lowest BCUT2D eigenvalue weighted by molar-refractivity contribution is 0.260. The monoisotopic (exact) mass is 471 g/mol. The topological polar surface area (TPSA) is 52.6 Å². The number of hydrogen-bond donors (Lipinski definition) is 2. The van der Waals surface area contributed by atoms with Gasteiger partial charge in [0.2, 0.25) is 0 Å². The molecule has 7 heteroatoms. The summed E-state index contributed by atoms with van der Waals surface area (Å²) in [7, 11) is 0. The number of nitrogens with zero attached hydrogens (tertiary/aromatic N) is 3. The van der Waals surface area contributed by atoms with Gasteiger partial charge in [-0.05, 0) is 42.5 Å². The van der Waals surface area contributed by atoms with Gasteiger partial charge in [0.15, 0.2) is 5.96 Å². The van der Waals surface area contributed by atoms with E-state index >= 15 is 0 Å². The van der Waals surface area contributed by atoms with Gasteiger partial charge in [-0.3, -0.25) is 9.88 Å². The van der Waals surface area contributed by atoms with Crippen molar-refractivity contribution >= 4 is 41.3 Å². The van der Waals surface area contributed by atoms with Crippen LogP contribution in [-0.2, 0) is 19.5 Å². The molecule has 1 aliphatic heterocycles. The van der Waals surface area contributed by atoms with E-state index in [1.807, 2.05) is 29.5 Å². The van der Waals surface area contributed by atoms with Crippen molar-refractivity contribution in [2.24, 2.45) is 4.99 Å². The Hall–Kier alpha value is -1.19. The van der Waals surface area contributed by atoms with Crippen LogP contribution in [0, 0.1) is 0 Å². The summed E-state index contributed by atoms with van der Waals surface area (Å²) in [6.45, 7) is 7.69. The van der Waals surface area contributed by atoms with Crippen molar-refractivity contribution in [1.29, 1.82) is 0 Å². The van der Waals surface area contributed by atoms with Crippen molar-refractivity contribution in [3.63, 3.8) is 0 Å². The van der Waals surface area contributed by atoms with Gasteiger partial charge >= 0.3 is 0 Å². The molecule has 0 atom stereocenters. The summed E-state index contributed by atoms with van der Waals surface area (Å²) in [6, 6.07) is 8.18. The van der Waals surface area contributed by atoms with Crippen molar-refractivity contribution in [3.05, 3.63) is 52.0 Å². The zero-order valence-electron chi connectivity index (χ0n) is 14.6. The van der Waals surface area contributed by atoms with Crippen LogP contribution in [0.25, 0.3) is 0 Å². The Morgan fingerprint density at radius 2 is 2.24 bits per heavy atom. The predicted octanol–water partition coefficient (Wildman–Crippen LogP) is 2.87. The molecule has 0 aliphatic carbocycles. The Morgan fingerprint density at radius 1 is 1.32 bits per heavy atom. The van der Waals surface area contributed by atoms with Crippen LogP contribution in [0.1, 0.15) is 23.1 Å². The molecule has 0 radical (unpaired) electrons. The first-order valence-electron chi connectivity index (χ1n) is 8.55. The molecular formula is C18H26IN5S. The third-order valence-corrected chi connectivity index (χ3v) is 5.10. The lowest BCUT2D eigenvalue weighted by Gasteiger charge is -2.27. The van der Waals surface area contributed by atoms with E-state index in [0.29, 0.717) is 6.54 Å². The molecule has 136 valence electrons. The Kier molecular flexibility index (Phi) is 8.63. The normalized spacial score (nSPS) is 14.5. The van der Waals surface area contributed by atoms with Crippen molar-refractivity contribution in [2.75, 3.05) is 26.2 Å². The number of hydrogen-bond acceptors (Lipinski definition) is 4. The molecule has 2 N–H and O–H groups in total. The molecule has 2 aromatic heterocycles. The van der Waals surface area contributed by atoms with Gasteiger partial charge in [0.1, 0.15) is 0 Å². The predicted molar refractivity (Wildman–Crippen MR) is 116 cm³/mol. The molecule has 0 saturated heterocycles. The highest BCUT2D eigenvalue weighted by Gasteiger charge is 2.16. The van der Waals surface area contributed by atoms with Gasteiger partial charge in [0, 0.05) is 43.8 Å². The van der Waals surface area contributed by atoms with Gasteiger partial charge in [-0.1, -0.05) is 6.07 Å². The first kappa shape index (κ1) is 20.1. The second kappa shape index (κ2) is 10.7. The zero-order valence-corrected chi connectivity index (χ0v) is 17.7. The molecule has 1 aliphatic rings. The molecule has 0 aromatic carbocycles. The zero-order chi connectivity index (χ0) is 16.6. The van der Waals surface area contributed by atoms with Crippen LogP contribution in [0.15, 0.2) is 40.8 Å². The summed E-state index contributed by atoms with van der Waals surface area (Å²) in [5.41, 5.74) is 2.48. The molecule has 0 fully saturated rings. The maximum atomic E-state index is 4.61. The lowest BCUT2D eigenvalue weighted by atomic mass is 10.1. The number of nitrogens with one attached hydrogen (secondary N) is 2. The molecule has 2 aromatic rings. The Bertz CT molecular complexity index is 658. The fourth-order valence-electron chi connectivity index (χ4n) is 2.82. The smallest absolute Gasteiger partial charge is 0.191 e. The summed E-state index contributed by atoms with van der Waals surface area (Å²) < 4.78 is 0. The highest BCUT2D eigenvalue weighted by molar-refractivity contribution is 14.0. The highest BCUT2D eigenvalue weighted by atomic mass is 127. The summed E-state index contributed by atoms with van der Waals surface area (Å²) >= 11 is 1.89. The number of fused-ring (bicyclic) bond motifs is 1. The van der Waals surface area contributed by atoms with E-state index in [1.165, 1.54) is 12.0 Å². The molecule has 0 amide bonds. The lowest BCUT2D eigenvalue weighted by Crippen LogP contribution is -2.42. The average Bonchev–Trinajstić information content (AvgIpc) is 3.08. The Balaban J connectivity index is 0.00000225. The van der Waals surface area contributed by atoms with Crippen molar-refractivity contribution in [3.8, 4) is 0 Å². The number of aromatic nitrogens is 1. The van der Waals surface area contributed by atoms with E-state index in [0.717, 1.165) is 44.4 Å². The third kappa shape index (κ3) is 6.23. The summed E-state index contributed by atoms with van der Waals surface area (Å²) in [5.74, 6) is 0.858. The van der Waals surface area contributed by atoms with E-state index in [-0.39, 0.29) is 24.0 Å². The standard InChI is InChI=1S/C18H25N5S.HI/c1-2-19-18(22-13-16-5-3-4-8-20-16)21-9-11-23-10-6-17-15(14-23)7-12-24-17;/h3-5,7-8,12H,2,6,9-11,13-14H2,1H3,(H2,19,21,22);1H. The van der Waals surface area contributed by atoms with Crippen molar-refractivity contribution < 1.29 is 0 Å². The van der Waals surface area contributed by atoms with Crippen molar-refractivity contribution in [2.45, 2.75) is 26.4 Å². The summed E-state index contributed by atoms with van der Waals surface area (Å²) in [6.07, 6.45) is 2.99. The van der Waals surface area contributed by atoms with Crippen molar-refractivity contribution in [1.82, 2.24) is 20.5 Å². The minimum atomic E-state index is 0. The van der Waals surface area contributed by atoms with Crippen LogP contribution in [0.2, 0.25) is 0 Å². The second-order valence-electron chi connectivity index (χ2n) is 5.84. The van der Waals surface area contributed by atoms with Gasteiger partial charge in [-0.15, -0.1) is 35.3 Å². The fourth-order valence-corrected chi connectivity index (χ4v) is 3.71. The van der Waals surface area contributed by atoms with Gasteiger partial charge in [-0.25, -0.2) is 4.99 Å². The first-order valence-corrected chi connectivity index (χ1v) is 9.43. The van der Waals surface area contributed by atoms with E-state index in [9.17, 15) is 0 Å². The highest BCUT2D eigenvalue weighted by Crippen LogP contribution is 2.23. The fraction of sp³-hybridized carbons (Fsp3) is 0.444. The van der Waals surface area contributed by atoms with E-state index in [1.54, 1.807) is 11.1 Å². The molecule has 0 bridgehead atoms. The maximum absolute atomic E-state index is 4.61. The number of thiophene rings is 1. The molecule has 5 nitrogen and oxygen atoms in total. The second-order valence-corrected chi connectivity index (χ2v) is 6.84. The van der Waals surface area contributed by atoms with Crippen LogP contribution in [0.3, 0.4) is 0 Å². The summed E-state index contributed by atoms with van der Waals surface area (Å²) in [5, 5.41) is 8.93. The van der Waals surface area contributed by atoms with E-state index in [4.69, 9.17) is 0 Å². The minimum Gasteiger partial charge on any atom is -0.357 e. The molecule has 3 heterocycles. The van der Waals surface area contributed by atoms with Crippen LogP contribution in [-0.4, -0.2) is 42.0 Å². The SMILES string of the molecule is CCNC(=NCc1ccccn1)NCCN1CCc2sccc2C1.I. The van der Waals surface area contributed by atoms with Crippen LogP contribution < -0.4 is 10.6 Å². The molecule has 0 spiro atoms. The van der Waals surface area contributed by atoms with Crippen LogP contribution >= 0.6 is 35.3 Å². The third-order valence-electron chi connectivity index (χ3n) is 4.08. The largest absolute Gasteiger partial charge is 0.357 e. The molecule has 0 unspecified atom stereocenters. The summed E-state index contributed by atoms with van der Waals surface area (Å²) in [4.78, 5) is 13.0. The van der Waals surface area contributed by atoms with Gasteiger partial charge < -0.3 is 10.6 Å². The molecule has 0 saturated carbocycles. The molecular weight excluding hydrogens is 445 g/mol. The van der Waals surface area contributed by atoms with Gasteiger partial charge in [0.05, 0.1) is 12.2 Å². The van der Waals surface area contributed by atoms with E-state index < -0.39 is 0 Å². The quantitative estimate of drug-likeness (QED) is 0.387. The van der Waals surface area contributed by atoms with Gasteiger partial charge in [-0.2, -0.15) is 0 Å². The Labute approximate surface area is 171 Å².